The highest BCUT2D eigenvalue weighted by atomic mass is 19.4. The van der Waals surface area contributed by atoms with Gasteiger partial charge in [-0.2, -0.15) is 26.3 Å². The third-order valence-electron chi connectivity index (χ3n) is 10.9. The Morgan fingerprint density at radius 2 is 1.57 bits per heavy atom. The van der Waals surface area contributed by atoms with Crippen LogP contribution in [-0.2, 0) is 30.1 Å². The minimum absolute atomic E-state index is 0.0398. The first-order chi connectivity index (χ1) is 20.7. The average molecular weight is 622 g/mol. The summed E-state index contributed by atoms with van der Waals surface area (Å²) in [5, 5.41) is 0. The zero-order chi connectivity index (χ0) is 31.6. The van der Waals surface area contributed by atoms with E-state index in [1.807, 2.05) is 0 Å². The van der Waals surface area contributed by atoms with Crippen LogP contribution in [0.4, 0.5) is 32.0 Å². The smallest absolute Gasteiger partial charge is 0.366 e. The van der Waals surface area contributed by atoms with Crippen molar-refractivity contribution >= 4 is 11.6 Å². The number of nitrogens with zero attached hydrogens (tertiary/aromatic N) is 3. The second-order valence-corrected chi connectivity index (χ2v) is 13.6. The van der Waals surface area contributed by atoms with Crippen LogP contribution in [0.3, 0.4) is 0 Å². The van der Waals surface area contributed by atoms with Crippen molar-refractivity contribution in [2.45, 2.75) is 96.7 Å². The first kappa shape index (κ1) is 31.2. The lowest BCUT2D eigenvalue weighted by Gasteiger charge is -2.49. The van der Waals surface area contributed by atoms with Crippen molar-refractivity contribution in [3.8, 4) is 0 Å². The molecular formula is C34H41F6N3O. The maximum Gasteiger partial charge on any atom is 0.416 e. The van der Waals surface area contributed by atoms with Gasteiger partial charge in [-0.05, 0) is 118 Å². The molecule has 1 saturated heterocycles. The molecule has 2 heterocycles. The summed E-state index contributed by atoms with van der Waals surface area (Å²) in [5.74, 6) is 0.160. The van der Waals surface area contributed by atoms with E-state index in [1.54, 1.807) is 4.90 Å². The molecule has 10 heteroatoms. The molecule has 4 nitrogen and oxygen atoms in total. The van der Waals surface area contributed by atoms with Crippen LogP contribution in [0.15, 0.2) is 30.3 Å². The van der Waals surface area contributed by atoms with Crippen LogP contribution >= 0.6 is 0 Å². The third-order valence-corrected chi connectivity index (χ3v) is 10.9. The number of hydrogen-bond acceptors (Lipinski definition) is 3. The Bertz CT molecular complexity index is 1410. The number of piperazine rings is 1. The van der Waals surface area contributed by atoms with Crippen LogP contribution in [0.5, 0.6) is 0 Å². The van der Waals surface area contributed by atoms with Crippen LogP contribution in [0.25, 0.3) is 0 Å². The van der Waals surface area contributed by atoms with Crippen molar-refractivity contribution in [2.75, 3.05) is 31.1 Å². The van der Waals surface area contributed by atoms with E-state index in [2.05, 4.69) is 48.8 Å². The number of fused-ring (bicyclic) bond motifs is 1. The fourth-order valence-corrected chi connectivity index (χ4v) is 8.13. The van der Waals surface area contributed by atoms with E-state index < -0.39 is 28.9 Å². The van der Waals surface area contributed by atoms with Crippen molar-refractivity contribution in [3.63, 3.8) is 0 Å². The van der Waals surface area contributed by atoms with Gasteiger partial charge in [0.15, 0.2) is 0 Å². The molecule has 1 unspecified atom stereocenters. The van der Waals surface area contributed by atoms with Gasteiger partial charge in [0, 0.05) is 50.5 Å². The maximum atomic E-state index is 14.2. The van der Waals surface area contributed by atoms with Crippen molar-refractivity contribution in [2.24, 2.45) is 11.3 Å². The number of rotatable bonds is 4. The SMILES string of the molecule is Cc1ccc(N2CCN(C3CCC(C(=O)N4CCc5c(cc(C(F)(F)F)cc5C(F)(F)F)C4)(C4CC4)CC3)CC2C)cc1C. The van der Waals surface area contributed by atoms with Gasteiger partial charge in [-0.15, -0.1) is 0 Å². The molecular weight excluding hydrogens is 580 g/mol. The normalized spacial score (nSPS) is 26.9. The van der Waals surface area contributed by atoms with E-state index in [-0.39, 0.29) is 48.5 Å². The number of carbonyl (C=O) groups is 1. The van der Waals surface area contributed by atoms with Gasteiger partial charge in [-0.25, -0.2) is 0 Å². The first-order valence-electron chi connectivity index (χ1n) is 15.8. The third kappa shape index (κ3) is 5.83. The summed E-state index contributed by atoms with van der Waals surface area (Å²) in [6, 6.07) is 8.35. The van der Waals surface area contributed by atoms with Crippen molar-refractivity contribution < 1.29 is 31.1 Å². The fourth-order valence-electron chi connectivity index (χ4n) is 8.13. The van der Waals surface area contributed by atoms with Crippen LogP contribution in [0.1, 0.15) is 78.8 Å². The number of amides is 1. The highest BCUT2D eigenvalue weighted by Crippen LogP contribution is 2.55. The van der Waals surface area contributed by atoms with Gasteiger partial charge >= 0.3 is 12.4 Å². The molecule has 240 valence electrons. The minimum atomic E-state index is -4.91. The van der Waals surface area contributed by atoms with Crippen LogP contribution in [0.2, 0.25) is 0 Å². The predicted molar refractivity (Wildman–Crippen MR) is 157 cm³/mol. The maximum absolute atomic E-state index is 14.2. The van der Waals surface area contributed by atoms with Crippen molar-refractivity contribution in [3.05, 3.63) is 63.7 Å². The van der Waals surface area contributed by atoms with Gasteiger partial charge in [-0.3, -0.25) is 9.69 Å². The quantitative estimate of drug-likeness (QED) is 0.327. The molecule has 2 saturated carbocycles. The Morgan fingerprint density at radius 1 is 0.864 bits per heavy atom. The van der Waals surface area contributed by atoms with Gasteiger partial charge in [0.05, 0.1) is 16.5 Å². The lowest BCUT2D eigenvalue weighted by atomic mass is 9.67. The topological polar surface area (TPSA) is 26.8 Å². The van der Waals surface area contributed by atoms with Crippen LogP contribution < -0.4 is 4.90 Å². The lowest BCUT2D eigenvalue weighted by Crippen LogP contribution is -2.57. The Kier molecular flexibility index (Phi) is 7.99. The number of anilines is 1. The molecule has 6 rings (SSSR count). The molecule has 44 heavy (non-hydrogen) atoms. The largest absolute Gasteiger partial charge is 0.416 e. The Labute approximate surface area is 255 Å². The fraction of sp³-hybridized carbons (Fsp3) is 0.618. The minimum Gasteiger partial charge on any atom is -0.366 e. The van der Waals surface area contributed by atoms with E-state index in [0.717, 1.165) is 51.4 Å². The number of aryl methyl sites for hydroxylation is 2. The number of carbonyl (C=O) groups excluding carboxylic acids is 1. The zero-order valence-corrected chi connectivity index (χ0v) is 25.6. The molecule has 3 fully saturated rings. The lowest BCUT2D eigenvalue weighted by molar-refractivity contribution is -0.148. The Hall–Kier alpha value is -2.75. The molecule has 0 spiro atoms. The highest BCUT2D eigenvalue weighted by molar-refractivity contribution is 5.84. The van der Waals surface area contributed by atoms with E-state index in [9.17, 15) is 31.1 Å². The van der Waals surface area contributed by atoms with Gasteiger partial charge < -0.3 is 9.80 Å². The monoisotopic (exact) mass is 621 g/mol. The van der Waals surface area contributed by atoms with E-state index in [1.165, 1.54) is 16.8 Å². The number of benzene rings is 2. The number of hydrogen-bond donors (Lipinski definition) is 0. The van der Waals surface area contributed by atoms with Crippen LogP contribution in [0, 0.1) is 25.2 Å². The molecule has 4 aliphatic rings. The van der Waals surface area contributed by atoms with E-state index in [4.69, 9.17) is 0 Å². The summed E-state index contributed by atoms with van der Waals surface area (Å²) in [5.41, 5.74) is 0.520. The summed E-state index contributed by atoms with van der Waals surface area (Å²) in [7, 11) is 0. The summed E-state index contributed by atoms with van der Waals surface area (Å²) < 4.78 is 81.9. The van der Waals surface area contributed by atoms with Gasteiger partial charge in [0.2, 0.25) is 5.91 Å². The molecule has 2 aromatic carbocycles. The molecule has 2 aliphatic heterocycles. The second-order valence-electron chi connectivity index (χ2n) is 13.6. The summed E-state index contributed by atoms with van der Waals surface area (Å²) in [6.07, 6.45) is -4.82. The average Bonchev–Trinajstić information content (AvgIpc) is 3.83. The molecule has 0 N–H and O–H groups in total. The Balaban J connectivity index is 1.14. The highest BCUT2D eigenvalue weighted by Gasteiger charge is 2.54. The molecule has 0 radical (unpaired) electrons. The van der Waals surface area contributed by atoms with Gasteiger partial charge in [-0.1, -0.05) is 6.07 Å². The first-order valence-corrected chi connectivity index (χ1v) is 15.8. The van der Waals surface area contributed by atoms with Crippen molar-refractivity contribution in [1.82, 2.24) is 9.80 Å². The van der Waals surface area contributed by atoms with E-state index >= 15 is 0 Å². The second kappa shape index (κ2) is 11.2. The van der Waals surface area contributed by atoms with Gasteiger partial charge in [0.25, 0.3) is 0 Å². The predicted octanol–water partition coefficient (Wildman–Crippen LogP) is 7.78. The van der Waals surface area contributed by atoms with Crippen molar-refractivity contribution in [1.29, 1.82) is 0 Å². The Morgan fingerprint density at radius 3 is 2.16 bits per heavy atom. The molecule has 2 aliphatic carbocycles. The number of alkyl halides is 6. The zero-order valence-electron chi connectivity index (χ0n) is 25.6. The van der Waals surface area contributed by atoms with E-state index in [0.29, 0.717) is 24.9 Å². The molecule has 2 aromatic rings. The molecule has 1 amide bonds. The molecule has 0 bridgehead atoms. The summed E-state index contributed by atoms with van der Waals surface area (Å²) in [4.78, 5) is 20.7. The summed E-state index contributed by atoms with van der Waals surface area (Å²) in [6.45, 7) is 9.20. The summed E-state index contributed by atoms with van der Waals surface area (Å²) >= 11 is 0. The van der Waals surface area contributed by atoms with Gasteiger partial charge in [0.1, 0.15) is 0 Å². The molecule has 1 atom stereocenters. The standard InChI is InChI=1S/C34H41F6N3O/c1-21-4-7-28(16-22(21)2)43-15-14-41(19-23(43)3)27-8-11-32(12-9-27,25-5-6-25)31(44)42-13-10-29-24(20-42)17-26(33(35,36)37)18-30(29)34(38,39)40/h4,7,16-18,23,25,27H,5-6,8-15,19-20H2,1-3H3. The molecule has 0 aromatic heterocycles. The number of halogens is 6. The van der Waals surface area contributed by atoms with Crippen LogP contribution in [-0.4, -0.2) is 54.0 Å².